The van der Waals surface area contributed by atoms with Gasteiger partial charge in [-0.3, -0.25) is 9.59 Å². The molecule has 1 aromatic heterocycles. The highest BCUT2D eigenvalue weighted by Crippen LogP contribution is 2.31. The Hall–Kier alpha value is -3.18. The van der Waals surface area contributed by atoms with E-state index in [9.17, 15) is 27.2 Å². The Balaban J connectivity index is 0.000000183. The summed E-state index contributed by atoms with van der Waals surface area (Å²) < 4.78 is 49.4. The third kappa shape index (κ3) is 6.71. The molecule has 164 valence electrons. The van der Waals surface area contributed by atoms with Gasteiger partial charge in [0.15, 0.2) is 5.82 Å². The molecule has 2 aromatic rings. The maximum absolute atomic E-state index is 13.4. The maximum atomic E-state index is 13.4. The molecule has 0 atom stereocenters. The van der Waals surface area contributed by atoms with Gasteiger partial charge in [0.25, 0.3) is 5.91 Å². The smallest absolute Gasteiger partial charge is 0.379 e. The molecule has 0 saturated heterocycles. The van der Waals surface area contributed by atoms with Crippen LogP contribution in [0.15, 0.2) is 12.1 Å². The van der Waals surface area contributed by atoms with Crippen molar-refractivity contribution in [2.24, 2.45) is 5.73 Å². The van der Waals surface area contributed by atoms with Crippen LogP contribution in [-0.4, -0.2) is 39.9 Å². The lowest BCUT2D eigenvalue weighted by Gasteiger charge is -2.09. The van der Waals surface area contributed by atoms with Crippen LogP contribution in [0, 0.1) is 12.7 Å². The number of aromatic nitrogens is 3. The van der Waals surface area contributed by atoms with Gasteiger partial charge < -0.3 is 15.8 Å². The van der Waals surface area contributed by atoms with Gasteiger partial charge in [-0.25, -0.2) is 14.1 Å². The van der Waals surface area contributed by atoms with Crippen LogP contribution in [0.3, 0.4) is 0 Å². The first-order valence-electron chi connectivity index (χ1n) is 9.06. The van der Waals surface area contributed by atoms with Crippen LogP contribution < -0.4 is 15.8 Å². The number of rotatable bonds is 1. The molecule has 4 rings (SSSR count). The molecule has 3 N–H and O–H groups in total. The quantitative estimate of drug-likeness (QED) is 0.675. The van der Waals surface area contributed by atoms with Crippen molar-refractivity contribution in [1.29, 1.82) is 0 Å². The van der Waals surface area contributed by atoms with Crippen LogP contribution in [-0.2, 0) is 17.8 Å². The fraction of sp³-hybridized carbons (Fsp3) is 0.444. The minimum Gasteiger partial charge on any atom is -0.491 e. The number of hydrogen-bond donors (Lipinski definition) is 2. The minimum atomic E-state index is -3.67. The zero-order valence-electron chi connectivity index (χ0n) is 16.1. The summed E-state index contributed by atoms with van der Waals surface area (Å²) in [6.07, 6.45) is 3.39. The molecule has 3 heterocycles. The number of halogens is 4. The van der Waals surface area contributed by atoms with Crippen LogP contribution in [0.4, 0.5) is 23.2 Å². The second-order valence-electron chi connectivity index (χ2n) is 6.41. The normalized spacial score (nSPS) is 14.5. The Morgan fingerprint density at radius 1 is 1.27 bits per heavy atom. The summed E-state index contributed by atoms with van der Waals surface area (Å²) in [5.74, 6) is 0.231. The number of nitrogens with two attached hydrogens (primary N) is 1. The van der Waals surface area contributed by atoms with Gasteiger partial charge in [-0.2, -0.15) is 13.2 Å². The van der Waals surface area contributed by atoms with Crippen LogP contribution in [0.2, 0.25) is 0 Å². The standard InChI is InChI=1S/C10H10FNO2.C7H10N4O.CHF3/c1-6-4-7(11)10-8(5-6)14-3-2-9(13)12-10;8-6(12)7-9-5-3-1-2-4-11(5)10-7;2-1(3)4/h4-5H,2-3H2,1H3,(H,12,13);1-4H2,(H2,8,12);1H. The number of carbonyl (C=O) groups excluding carboxylic acids is 2. The number of amides is 2. The summed E-state index contributed by atoms with van der Waals surface area (Å²) in [6.45, 7) is -0.739. The molecule has 30 heavy (non-hydrogen) atoms. The summed E-state index contributed by atoms with van der Waals surface area (Å²) in [4.78, 5) is 25.9. The molecule has 0 saturated carbocycles. The predicted octanol–water partition coefficient (Wildman–Crippen LogP) is 2.75. The number of hydrogen-bond acceptors (Lipinski definition) is 5. The van der Waals surface area contributed by atoms with Gasteiger partial charge in [0.1, 0.15) is 17.3 Å². The molecule has 12 heteroatoms. The number of aryl methyl sites for hydroxylation is 3. The minimum absolute atomic E-state index is 0.145. The number of anilines is 1. The third-order valence-corrected chi connectivity index (χ3v) is 4.04. The zero-order valence-corrected chi connectivity index (χ0v) is 16.1. The van der Waals surface area contributed by atoms with Crippen molar-refractivity contribution in [3.63, 3.8) is 0 Å². The summed E-state index contributed by atoms with van der Waals surface area (Å²) in [7, 11) is 0. The molecule has 0 spiro atoms. The van der Waals surface area contributed by atoms with Crippen molar-refractivity contribution in [1.82, 2.24) is 14.8 Å². The first-order chi connectivity index (χ1) is 14.2. The van der Waals surface area contributed by atoms with Crippen molar-refractivity contribution in [3.05, 3.63) is 35.2 Å². The molecule has 2 aliphatic rings. The molecule has 0 unspecified atom stereocenters. The molecular weight excluding hydrogens is 410 g/mol. The molecule has 0 fully saturated rings. The van der Waals surface area contributed by atoms with E-state index in [4.69, 9.17) is 10.5 Å². The van der Waals surface area contributed by atoms with E-state index in [2.05, 4.69) is 15.4 Å². The monoisotopic (exact) mass is 431 g/mol. The summed E-state index contributed by atoms with van der Waals surface area (Å²) >= 11 is 0. The number of nitrogens with one attached hydrogen (secondary N) is 1. The first-order valence-corrected chi connectivity index (χ1v) is 9.06. The average molecular weight is 431 g/mol. The number of fused-ring (bicyclic) bond motifs is 2. The van der Waals surface area contributed by atoms with Crippen LogP contribution in [0.5, 0.6) is 5.75 Å². The second-order valence-corrected chi connectivity index (χ2v) is 6.41. The van der Waals surface area contributed by atoms with E-state index in [1.165, 1.54) is 6.07 Å². The average Bonchev–Trinajstić information content (AvgIpc) is 3.00. The number of benzene rings is 1. The number of nitrogens with zero attached hydrogens (tertiary/aromatic N) is 3. The van der Waals surface area contributed by atoms with Gasteiger partial charge in [0, 0.05) is 13.0 Å². The van der Waals surface area contributed by atoms with Crippen LogP contribution in [0.1, 0.15) is 41.3 Å². The highest BCUT2D eigenvalue weighted by atomic mass is 19.4. The Morgan fingerprint density at radius 3 is 2.60 bits per heavy atom. The highest BCUT2D eigenvalue weighted by Gasteiger charge is 2.18. The van der Waals surface area contributed by atoms with E-state index in [0.29, 0.717) is 12.4 Å². The van der Waals surface area contributed by atoms with E-state index in [-0.39, 0.29) is 23.8 Å². The first kappa shape index (κ1) is 23.1. The van der Waals surface area contributed by atoms with E-state index >= 15 is 0 Å². The molecule has 8 nitrogen and oxygen atoms in total. The van der Waals surface area contributed by atoms with Gasteiger partial charge in [0.05, 0.1) is 13.0 Å². The topological polar surface area (TPSA) is 112 Å². The fourth-order valence-corrected chi connectivity index (χ4v) is 2.79. The van der Waals surface area contributed by atoms with E-state index in [0.717, 1.165) is 37.2 Å². The highest BCUT2D eigenvalue weighted by molar-refractivity contribution is 5.93. The van der Waals surface area contributed by atoms with Crippen molar-refractivity contribution in [2.45, 2.75) is 45.8 Å². The van der Waals surface area contributed by atoms with Crippen molar-refractivity contribution >= 4 is 17.5 Å². The molecule has 2 amide bonds. The largest absolute Gasteiger partial charge is 0.491 e. The lowest BCUT2D eigenvalue weighted by Crippen LogP contribution is -2.14. The van der Waals surface area contributed by atoms with E-state index < -0.39 is 18.4 Å². The van der Waals surface area contributed by atoms with Gasteiger partial charge >= 0.3 is 6.68 Å². The molecule has 0 aliphatic carbocycles. The zero-order chi connectivity index (χ0) is 22.3. The van der Waals surface area contributed by atoms with Crippen molar-refractivity contribution in [2.75, 3.05) is 11.9 Å². The molecule has 0 bridgehead atoms. The van der Waals surface area contributed by atoms with Gasteiger partial charge in [-0.1, -0.05) is 0 Å². The Kier molecular flexibility index (Phi) is 8.13. The maximum Gasteiger partial charge on any atom is 0.379 e. The van der Waals surface area contributed by atoms with Crippen LogP contribution >= 0.6 is 0 Å². The van der Waals surface area contributed by atoms with E-state index in [1.54, 1.807) is 17.7 Å². The number of alkyl halides is 3. The molecular formula is C18H21F4N5O3. The Bertz CT molecular complexity index is 878. The molecule has 0 radical (unpaired) electrons. The predicted molar refractivity (Wildman–Crippen MR) is 98.5 cm³/mol. The lowest BCUT2D eigenvalue weighted by atomic mass is 10.2. The number of ether oxygens (including phenoxy) is 1. The Labute approximate surface area is 169 Å². The van der Waals surface area contributed by atoms with Crippen molar-refractivity contribution in [3.8, 4) is 5.75 Å². The SMILES string of the molecule is Cc1cc(F)c2c(c1)OCCC(=O)N2.FC(F)F.NC(=O)c1nc2n(n1)CCCC2. The number of primary amides is 1. The lowest BCUT2D eigenvalue weighted by molar-refractivity contribution is -0.116. The molecule has 2 aliphatic heterocycles. The fourth-order valence-electron chi connectivity index (χ4n) is 2.79. The van der Waals surface area contributed by atoms with Gasteiger partial charge in [0.2, 0.25) is 11.7 Å². The van der Waals surface area contributed by atoms with Crippen LogP contribution in [0.25, 0.3) is 0 Å². The second kappa shape index (κ2) is 10.6. The molecule has 1 aromatic carbocycles. The van der Waals surface area contributed by atoms with E-state index in [1.807, 2.05) is 0 Å². The van der Waals surface area contributed by atoms with Crippen molar-refractivity contribution < 1.29 is 31.9 Å². The third-order valence-electron chi connectivity index (χ3n) is 4.04. The summed E-state index contributed by atoms with van der Waals surface area (Å²) in [5, 5.41) is 6.46. The van der Waals surface area contributed by atoms with Gasteiger partial charge in [-0.05, 0) is 37.5 Å². The Morgan fingerprint density at radius 2 is 1.97 bits per heavy atom. The summed E-state index contributed by atoms with van der Waals surface area (Å²) in [5.41, 5.74) is 5.97. The van der Waals surface area contributed by atoms with Gasteiger partial charge in [-0.15, -0.1) is 5.10 Å². The summed E-state index contributed by atoms with van der Waals surface area (Å²) in [6, 6.07) is 3.08. The number of carbonyl (C=O) groups is 2.